The van der Waals surface area contributed by atoms with Crippen molar-refractivity contribution in [1.82, 2.24) is 0 Å². The first-order chi connectivity index (χ1) is 11.9. The van der Waals surface area contributed by atoms with Gasteiger partial charge in [-0.3, -0.25) is 9.59 Å². The lowest BCUT2D eigenvalue weighted by molar-refractivity contribution is -0.118. The molecule has 2 aromatic carbocycles. The summed E-state index contributed by atoms with van der Waals surface area (Å²) in [7, 11) is 0. The van der Waals surface area contributed by atoms with Crippen LogP contribution in [0.3, 0.4) is 0 Å². The zero-order valence-corrected chi connectivity index (χ0v) is 14.7. The third kappa shape index (κ3) is 3.62. The summed E-state index contributed by atoms with van der Waals surface area (Å²) in [5, 5.41) is 3.34. The third-order valence-corrected chi connectivity index (χ3v) is 4.53. The van der Waals surface area contributed by atoms with Crippen LogP contribution in [0.2, 0.25) is 10.0 Å². The molecule has 0 aromatic heterocycles. The Morgan fingerprint density at radius 3 is 2.80 bits per heavy atom. The van der Waals surface area contributed by atoms with Gasteiger partial charge in [0.2, 0.25) is 0 Å². The zero-order chi connectivity index (χ0) is 18.1. The molecule has 0 fully saturated rings. The second kappa shape index (κ2) is 7.02. The molecule has 0 saturated heterocycles. The lowest BCUT2D eigenvalue weighted by Gasteiger charge is -2.12. The van der Waals surface area contributed by atoms with Gasteiger partial charge in [-0.05, 0) is 36.2 Å². The number of amides is 1. The molecule has 1 amide bonds. The van der Waals surface area contributed by atoms with E-state index in [-0.39, 0.29) is 36.0 Å². The highest BCUT2D eigenvalue weighted by Gasteiger charge is 2.32. The second-order valence-electron chi connectivity index (χ2n) is 5.82. The number of fused-ring (bicyclic) bond motifs is 1. The lowest BCUT2D eigenvalue weighted by Crippen LogP contribution is -2.21. The van der Waals surface area contributed by atoms with Crippen LogP contribution in [0, 0.1) is 5.82 Å². The number of hydrogen-bond acceptors (Lipinski definition) is 3. The van der Waals surface area contributed by atoms with Crippen LogP contribution in [0.25, 0.3) is 0 Å². The van der Waals surface area contributed by atoms with E-state index in [4.69, 9.17) is 27.9 Å². The molecule has 7 heteroatoms. The van der Waals surface area contributed by atoms with Crippen molar-refractivity contribution < 1.29 is 18.7 Å². The van der Waals surface area contributed by atoms with Crippen LogP contribution in [-0.2, 0) is 4.79 Å². The summed E-state index contributed by atoms with van der Waals surface area (Å²) in [6.07, 6.45) is 0.235. The number of ketones is 1. The summed E-state index contributed by atoms with van der Waals surface area (Å²) in [6.45, 7) is 1.45. The van der Waals surface area contributed by atoms with Gasteiger partial charge in [-0.15, -0.1) is 0 Å². The molecule has 3 rings (SSSR count). The Morgan fingerprint density at radius 2 is 2.08 bits per heavy atom. The van der Waals surface area contributed by atoms with Crippen LogP contribution >= 0.6 is 23.2 Å². The minimum Gasteiger partial charge on any atom is -0.483 e. The Morgan fingerprint density at radius 1 is 1.32 bits per heavy atom. The number of ether oxygens (including phenoxy) is 1. The van der Waals surface area contributed by atoms with Crippen molar-refractivity contribution in [2.75, 3.05) is 11.9 Å². The van der Waals surface area contributed by atoms with Crippen LogP contribution in [0.5, 0.6) is 5.75 Å². The molecule has 130 valence electrons. The molecule has 1 aliphatic rings. The van der Waals surface area contributed by atoms with Gasteiger partial charge in [0.1, 0.15) is 11.6 Å². The molecule has 1 aliphatic carbocycles. The smallest absolute Gasteiger partial charge is 0.262 e. The SMILES string of the molecule is CC1CC(=O)c2c(OCC(=O)Nc3ccc(Cl)cc3Cl)ccc(F)c21. The number of anilines is 1. The van der Waals surface area contributed by atoms with Crippen molar-refractivity contribution in [1.29, 1.82) is 0 Å². The molecule has 4 nitrogen and oxygen atoms in total. The molecule has 0 saturated carbocycles. The first-order valence-corrected chi connectivity index (χ1v) is 8.35. The first-order valence-electron chi connectivity index (χ1n) is 7.60. The van der Waals surface area contributed by atoms with E-state index in [2.05, 4.69) is 5.32 Å². The maximum Gasteiger partial charge on any atom is 0.262 e. The minimum atomic E-state index is -0.458. The number of halogens is 3. The van der Waals surface area contributed by atoms with Crippen molar-refractivity contribution in [2.24, 2.45) is 0 Å². The van der Waals surface area contributed by atoms with Crippen molar-refractivity contribution >= 4 is 40.6 Å². The minimum absolute atomic E-state index is 0.182. The van der Waals surface area contributed by atoms with Gasteiger partial charge < -0.3 is 10.1 Å². The third-order valence-electron chi connectivity index (χ3n) is 3.98. The summed E-state index contributed by atoms with van der Waals surface area (Å²) in [6, 6.07) is 7.29. The van der Waals surface area contributed by atoms with E-state index in [1.807, 2.05) is 0 Å². The summed E-state index contributed by atoms with van der Waals surface area (Å²) in [5.74, 6) is -1.06. The molecule has 0 radical (unpaired) electrons. The van der Waals surface area contributed by atoms with Crippen LogP contribution < -0.4 is 10.1 Å². The molecule has 0 bridgehead atoms. The van der Waals surface area contributed by atoms with Crippen LogP contribution in [0.15, 0.2) is 30.3 Å². The Kier molecular flexibility index (Phi) is 4.97. The van der Waals surface area contributed by atoms with Gasteiger partial charge in [0, 0.05) is 17.0 Å². The monoisotopic (exact) mass is 381 g/mol. The average molecular weight is 382 g/mol. The number of nitrogens with one attached hydrogen (secondary N) is 1. The van der Waals surface area contributed by atoms with Crippen LogP contribution in [0.1, 0.15) is 35.2 Å². The predicted octanol–water partition coefficient (Wildman–Crippen LogP) is 4.84. The van der Waals surface area contributed by atoms with E-state index in [1.165, 1.54) is 18.2 Å². The Hall–Kier alpha value is -2.11. The van der Waals surface area contributed by atoms with E-state index in [0.29, 0.717) is 21.3 Å². The van der Waals surface area contributed by atoms with Crippen LogP contribution in [-0.4, -0.2) is 18.3 Å². The van der Waals surface area contributed by atoms with E-state index < -0.39 is 11.7 Å². The molecule has 0 heterocycles. The predicted molar refractivity (Wildman–Crippen MR) is 94.3 cm³/mol. The highest BCUT2D eigenvalue weighted by Crippen LogP contribution is 2.39. The molecular formula is C18H14Cl2FNO3. The highest BCUT2D eigenvalue weighted by molar-refractivity contribution is 6.36. The number of Topliss-reactive ketones (excluding diaryl/α,β-unsaturated/α-hetero) is 1. The fourth-order valence-electron chi connectivity index (χ4n) is 2.87. The quantitative estimate of drug-likeness (QED) is 0.823. The fraction of sp³-hybridized carbons (Fsp3) is 0.222. The zero-order valence-electron chi connectivity index (χ0n) is 13.2. The maximum absolute atomic E-state index is 13.9. The van der Waals surface area contributed by atoms with Crippen molar-refractivity contribution in [3.8, 4) is 5.75 Å². The molecule has 1 unspecified atom stereocenters. The molecule has 0 spiro atoms. The molecule has 0 aliphatic heterocycles. The van der Waals surface area contributed by atoms with Crippen LogP contribution in [0.4, 0.5) is 10.1 Å². The van der Waals surface area contributed by atoms with Crippen molar-refractivity contribution in [3.05, 3.63) is 57.3 Å². The number of benzene rings is 2. The van der Waals surface area contributed by atoms with Gasteiger partial charge in [0.25, 0.3) is 5.91 Å². The van der Waals surface area contributed by atoms with Gasteiger partial charge in [0.05, 0.1) is 16.3 Å². The van der Waals surface area contributed by atoms with Crippen molar-refractivity contribution in [2.45, 2.75) is 19.3 Å². The lowest BCUT2D eigenvalue weighted by atomic mass is 10.0. The van der Waals surface area contributed by atoms with Gasteiger partial charge in [-0.2, -0.15) is 0 Å². The second-order valence-corrected chi connectivity index (χ2v) is 6.67. The number of hydrogen-bond donors (Lipinski definition) is 1. The Labute approximate surface area is 153 Å². The summed E-state index contributed by atoms with van der Waals surface area (Å²) in [5.41, 5.74) is 0.974. The van der Waals surface area contributed by atoms with Gasteiger partial charge >= 0.3 is 0 Å². The first kappa shape index (κ1) is 17.7. The number of carbonyl (C=O) groups is 2. The van der Waals surface area contributed by atoms with Crippen molar-refractivity contribution in [3.63, 3.8) is 0 Å². The number of rotatable bonds is 4. The molecular weight excluding hydrogens is 368 g/mol. The fourth-order valence-corrected chi connectivity index (χ4v) is 3.32. The topological polar surface area (TPSA) is 55.4 Å². The largest absolute Gasteiger partial charge is 0.483 e. The standard InChI is InChI=1S/C18H14Cl2FNO3/c1-9-6-14(23)18-15(5-3-12(21)17(9)18)25-8-16(24)22-13-4-2-10(19)7-11(13)20/h2-5,7,9H,6,8H2,1H3,(H,22,24). The van der Waals surface area contributed by atoms with E-state index >= 15 is 0 Å². The van der Waals surface area contributed by atoms with E-state index in [1.54, 1.807) is 19.1 Å². The van der Waals surface area contributed by atoms with Gasteiger partial charge in [-0.25, -0.2) is 4.39 Å². The van der Waals surface area contributed by atoms with Gasteiger partial charge in [-0.1, -0.05) is 30.1 Å². The normalized spacial score (nSPS) is 15.8. The molecule has 25 heavy (non-hydrogen) atoms. The highest BCUT2D eigenvalue weighted by atomic mass is 35.5. The summed E-state index contributed by atoms with van der Waals surface area (Å²) >= 11 is 11.8. The average Bonchev–Trinajstić information content (AvgIpc) is 2.85. The Bertz CT molecular complexity index is 870. The maximum atomic E-state index is 13.9. The van der Waals surface area contributed by atoms with E-state index in [9.17, 15) is 14.0 Å². The number of carbonyl (C=O) groups excluding carboxylic acids is 2. The molecule has 1 atom stereocenters. The Balaban J connectivity index is 1.72. The van der Waals surface area contributed by atoms with Gasteiger partial charge in [0.15, 0.2) is 12.4 Å². The summed E-state index contributed by atoms with van der Waals surface area (Å²) in [4.78, 5) is 24.1. The summed E-state index contributed by atoms with van der Waals surface area (Å²) < 4.78 is 19.4. The van der Waals surface area contributed by atoms with E-state index in [0.717, 1.165) is 0 Å². The molecule has 2 aromatic rings. The molecule has 1 N–H and O–H groups in total.